The predicted molar refractivity (Wildman–Crippen MR) is 88.0 cm³/mol. The van der Waals surface area contributed by atoms with Crippen LogP contribution in [-0.4, -0.2) is 11.8 Å². The second-order valence-electron chi connectivity index (χ2n) is 4.82. The van der Waals surface area contributed by atoms with Gasteiger partial charge in [0.15, 0.2) is 0 Å². The van der Waals surface area contributed by atoms with Crippen molar-refractivity contribution in [1.82, 2.24) is 5.32 Å². The molecule has 0 saturated heterocycles. The molecule has 2 rings (SSSR count). The number of benzene rings is 1. The van der Waals surface area contributed by atoms with Crippen LogP contribution in [0.25, 0.3) is 0 Å². The van der Waals surface area contributed by atoms with Gasteiger partial charge in [-0.2, -0.15) is 11.8 Å². The fourth-order valence-electron chi connectivity index (χ4n) is 1.91. The lowest BCUT2D eigenvalue weighted by Crippen LogP contribution is -2.21. The van der Waals surface area contributed by atoms with Crippen LogP contribution in [0.1, 0.15) is 22.9 Å². The molecule has 0 radical (unpaired) electrons. The molecule has 0 saturated carbocycles. The molecule has 1 nitrogen and oxygen atoms in total. The Labute approximate surface area is 124 Å². The number of nitrogens with one attached hydrogen (secondary N) is 1. The molecule has 1 atom stereocenters. The number of thioether (sulfide) groups is 1. The average Bonchev–Trinajstić information content (AvgIpc) is 2.90. The van der Waals surface area contributed by atoms with Crippen LogP contribution in [-0.2, 0) is 12.3 Å². The Bertz CT molecular complexity index is 479. The van der Waals surface area contributed by atoms with Crippen molar-refractivity contribution in [2.45, 2.75) is 31.4 Å². The van der Waals surface area contributed by atoms with Gasteiger partial charge in [0, 0.05) is 29.0 Å². The van der Waals surface area contributed by atoms with Gasteiger partial charge in [0.05, 0.1) is 0 Å². The Hall–Kier alpha value is -0.770. The summed E-state index contributed by atoms with van der Waals surface area (Å²) in [5.74, 6) is 1.10. The maximum absolute atomic E-state index is 3.52. The van der Waals surface area contributed by atoms with E-state index in [4.69, 9.17) is 0 Å². The molecule has 0 bridgehead atoms. The number of rotatable bonds is 7. The van der Waals surface area contributed by atoms with Crippen LogP contribution in [0, 0.1) is 6.92 Å². The summed E-state index contributed by atoms with van der Waals surface area (Å²) in [7, 11) is 0. The maximum atomic E-state index is 3.52. The van der Waals surface area contributed by atoms with Crippen molar-refractivity contribution in [3.63, 3.8) is 0 Å². The topological polar surface area (TPSA) is 12.0 Å². The third-order valence-electron chi connectivity index (χ3n) is 2.93. The monoisotopic (exact) mass is 291 g/mol. The van der Waals surface area contributed by atoms with Gasteiger partial charge in [0.2, 0.25) is 0 Å². The highest BCUT2D eigenvalue weighted by Crippen LogP contribution is 2.18. The van der Waals surface area contributed by atoms with Crippen LogP contribution in [0.5, 0.6) is 0 Å². The molecule has 102 valence electrons. The van der Waals surface area contributed by atoms with Crippen molar-refractivity contribution >= 4 is 23.1 Å². The van der Waals surface area contributed by atoms with Gasteiger partial charge in [-0.15, -0.1) is 11.3 Å². The summed E-state index contributed by atoms with van der Waals surface area (Å²) in [4.78, 5) is 1.41. The number of aryl methyl sites for hydroxylation is 1. The van der Waals surface area contributed by atoms with E-state index in [0.717, 1.165) is 18.8 Å². The van der Waals surface area contributed by atoms with Crippen LogP contribution < -0.4 is 5.32 Å². The Morgan fingerprint density at radius 2 is 2.16 bits per heavy atom. The molecule has 1 unspecified atom stereocenters. The van der Waals surface area contributed by atoms with E-state index in [0.29, 0.717) is 5.25 Å². The van der Waals surface area contributed by atoms with E-state index in [1.807, 2.05) is 23.1 Å². The second kappa shape index (κ2) is 7.73. The number of thiophene rings is 1. The summed E-state index contributed by atoms with van der Waals surface area (Å²) in [5, 5.41) is 6.30. The fraction of sp³-hybridized carbons (Fsp3) is 0.375. The van der Waals surface area contributed by atoms with Crippen LogP contribution in [0.4, 0.5) is 0 Å². The Kier molecular flexibility index (Phi) is 5.95. The summed E-state index contributed by atoms with van der Waals surface area (Å²) in [5.41, 5.74) is 2.77. The van der Waals surface area contributed by atoms with Crippen LogP contribution in [0.15, 0.2) is 41.8 Å². The molecule has 2 aromatic rings. The van der Waals surface area contributed by atoms with E-state index in [-0.39, 0.29) is 0 Å². The van der Waals surface area contributed by atoms with Gasteiger partial charge in [-0.25, -0.2) is 0 Å². The lowest BCUT2D eigenvalue weighted by atomic mass is 10.2. The van der Waals surface area contributed by atoms with Gasteiger partial charge >= 0.3 is 0 Å². The Balaban J connectivity index is 1.65. The van der Waals surface area contributed by atoms with Gasteiger partial charge in [0.1, 0.15) is 0 Å². The smallest absolute Gasteiger partial charge is 0.0300 e. The predicted octanol–water partition coefficient (Wildman–Crippen LogP) is 4.47. The van der Waals surface area contributed by atoms with E-state index in [1.54, 1.807) is 0 Å². The highest BCUT2D eigenvalue weighted by Gasteiger charge is 2.03. The third-order valence-corrected chi connectivity index (χ3v) is 5.04. The highest BCUT2D eigenvalue weighted by atomic mass is 32.2. The van der Waals surface area contributed by atoms with Crippen molar-refractivity contribution in [3.05, 3.63) is 57.8 Å². The second-order valence-corrected chi connectivity index (χ2v) is 7.28. The lowest BCUT2D eigenvalue weighted by molar-refractivity contribution is 0.690. The minimum atomic E-state index is 0.639. The van der Waals surface area contributed by atoms with E-state index < -0.39 is 0 Å². The van der Waals surface area contributed by atoms with Crippen LogP contribution in [0.2, 0.25) is 0 Å². The largest absolute Gasteiger partial charge is 0.311 e. The highest BCUT2D eigenvalue weighted by molar-refractivity contribution is 7.99. The van der Waals surface area contributed by atoms with Crippen molar-refractivity contribution in [3.8, 4) is 0 Å². The number of hydrogen-bond donors (Lipinski definition) is 1. The molecular weight excluding hydrogens is 270 g/mol. The van der Waals surface area contributed by atoms with E-state index in [2.05, 4.69) is 60.9 Å². The molecular formula is C16H21NS2. The van der Waals surface area contributed by atoms with Gasteiger partial charge in [0.25, 0.3) is 0 Å². The lowest BCUT2D eigenvalue weighted by Gasteiger charge is -2.12. The summed E-state index contributed by atoms with van der Waals surface area (Å²) < 4.78 is 0. The Morgan fingerprint density at radius 1 is 1.26 bits per heavy atom. The SMILES string of the molecule is Cc1cccc(CSC(C)CNCc2cccs2)c1. The summed E-state index contributed by atoms with van der Waals surface area (Å²) in [6, 6.07) is 13.1. The molecule has 3 heteroatoms. The molecule has 19 heavy (non-hydrogen) atoms. The first kappa shape index (κ1) is 14.6. The molecule has 0 amide bonds. The van der Waals surface area contributed by atoms with Crippen LogP contribution >= 0.6 is 23.1 Å². The zero-order valence-corrected chi connectivity index (χ0v) is 13.2. The van der Waals surface area contributed by atoms with E-state index >= 15 is 0 Å². The van der Waals surface area contributed by atoms with Gasteiger partial charge in [-0.05, 0) is 23.9 Å². The van der Waals surface area contributed by atoms with Gasteiger partial charge in [-0.1, -0.05) is 42.8 Å². The van der Waals surface area contributed by atoms with Crippen molar-refractivity contribution in [2.24, 2.45) is 0 Å². The van der Waals surface area contributed by atoms with Gasteiger partial charge in [-0.3, -0.25) is 0 Å². The molecule has 0 aliphatic heterocycles. The first-order valence-electron chi connectivity index (χ1n) is 6.64. The first-order chi connectivity index (χ1) is 9.24. The average molecular weight is 291 g/mol. The summed E-state index contributed by atoms with van der Waals surface area (Å²) in [6.45, 7) is 6.50. The molecule has 1 aromatic heterocycles. The molecule has 1 aromatic carbocycles. The standard InChI is InChI=1S/C16H21NS2/c1-13-5-3-6-15(9-13)12-19-14(2)10-17-11-16-7-4-8-18-16/h3-9,14,17H,10-12H2,1-2H3. The molecule has 1 N–H and O–H groups in total. The zero-order valence-electron chi connectivity index (χ0n) is 11.6. The molecule has 0 fully saturated rings. The minimum Gasteiger partial charge on any atom is -0.311 e. The normalized spacial score (nSPS) is 12.5. The summed E-state index contributed by atoms with van der Waals surface area (Å²) in [6.07, 6.45) is 0. The molecule has 0 aliphatic rings. The molecule has 0 spiro atoms. The molecule has 0 aliphatic carbocycles. The maximum Gasteiger partial charge on any atom is 0.0300 e. The van der Waals surface area contributed by atoms with Crippen molar-refractivity contribution < 1.29 is 0 Å². The zero-order chi connectivity index (χ0) is 13.5. The molecule has 1 heterocycles. The van der Waals surface area contributed by atoms with Gasteiger partial charge < -0.3 is 5.32 Å². The summed E-state index contributed by atoms with van der Waals surface area (Å²) >= 11 is 3.83. The Morgan fingerprint density at radius 3 is 2.89 bits per heavy atom. The third kappa shape index (κ3) is 5.39. The van der Waals surface area contributed by atoms with E-state index in [9.17, 15) is 0 Å². The minimum absolute atomic E-state index is 0.639. The van der Waals surface area contributed by atoms with E-state index in [1.165, 1.54) is 16.0 Å². The van der Waals surface area contributed by atoms with Crippen molar-refractivity contribution in [1.29, 1.82) is 0 Å². The first-order valence-corrected chi connectivity index (χ1v) is 8.57. The number of hydrogen-bond acceptors (Lipinski definition) is 3. The fourth-order valence-corrected chi connectivity index (χ4v) is 3.48. The quantitative estimate of drug-likeness (QED) is 0.808. The van der Waals surface area contributed by atoms with Crippen molar-refractivity contribution in [2.75, 3.05) is 6.54 Å². The van der Waals surface area contributed by atoms with Crippen LogP contribution in [0.3, 0.4) is 0 Å².